The van der Waals surface area contributed by atoms with E-state index in [1.165, 1.54) is 0 Å². The predicted molar refractivity (Wildman–Crippen MR) is 125 cm³/mol. The number of amides is 2. The van der Waals surface area contributed by atoms with E-state index in [0.29, 0.717) is 12.1 Å². The fourth-order valence-corrected chi connectivity index (χ4v) is 3.64. The number of pyridine rings is 1. The van der Waals surface area contributed by atoms with E-state index in [-0.39, 0.29) is 24.5 Å². The highest BCUT2D eigenvalue weighted by Crippen LogP contribution is 2.31. The van der Waals surface area contributed by atoms with Crippen LogP contribution in [0.4, 0.5) is 18.9 Å². The molecule has 2 aromatic carbocycles. The molecule has 0 aliphatic carbocycles. The second-order valence-corrected chi connectivity index (χ2v) is 7.94. The van der Waals surface area contributed by atoms with Crippen molar-refractivity contribution >= 4 is 40.1 Å². The van der Waals surface area contributed by atoms with E-state index in [2.05, 4.69) is 20.6 Å². The Morgan fingerprint density at radius 1 is 0.943 bits per heavy atom. The zero-order valence-electron chi connectivity index (χ0n) is 18.1. The zero-order chi connectivity index (χ0) is 25.0. The molecule has 0 bridgehead atoms. The third kappa shape index (κ3) is 5.78. The van der Waals surface area contributed by atoms with Crippen LogP contribution in [0.5, 0.6) is 0 Å². The molecule has 0 aliphatic heterocycles. The van der Waals surface area contributed by atoms with Crippen molar-refractivity contribution < 1.29 is 22.8 Å². The molecule has 180 valence electrons. The van der Waals surface area contributed by atoms with Crippen LogP contribution in [0.2, 0.25) is 5.15 Å². The molecule has 0 fully saturated rings. The van der Waals surface area contributed by atoms with Crippen LogP contribution in [-0.2, 0) is 17.5 Å². The van der Waals surface area contributed by atoms with Gasteiger partial charge in [-0.15, -0.1) is 0 Å². The van der Waals surface area contributed by atoms with Crippen molar-refractivity contribution in [2.75, 3.05) is 11.9 Å². The monoisotopic (exact) mass is 501 g/mol. The highest BCUT2D eigenvalue weighted by Gasteiger charge is 2.33. The number of rotatable bonds is 7. The average Bonchev–Trinajstić information content (AvgIpc) is 3.19. The van der Waals surface area contributed by atoms with Crippen molar-refractivity contribution in [3.63, 3.8) is 0 Å². The Morgan fingerprint density at radius 2 is 1.66 bits per heavy atom. The van der Waals surface area contributed by atoms with Gasteiger partial charge in [-0.25, -0.2) is 9.97 Å². The van der Waals surface area contributed by atoms with Gasteiger partial charge in [0.05, 0.1) is 16.7 Å². The molecule has 2 aromatic heterocycles. The van der Waals surface area contributed by atoms with Gasteiger partial charge in [0.2, 0.25) is 5.91 Å². The Hall–Kier alpha value is -3.92. The number of anilines is 1. The minimum absolute atomic E-state index is 0.0229. The Bertz CT molecular complexity index is 1370. The first kappa shape index (κ1) is 24.2. The maximum absolute atomic E-state index is 12.9. The summed E-state index contributed by atoms with van der Waals surface area (Å²) >= 11 is 5.76. The van der Waals surface area contributed by atoms with Gasteiger partial charge in [-0.3, -0.25) is 9.59 Å². The highest BCUT2D eigenvalue weighted by atomic mass is 35.5. The Kier molecular flexibility index (Phi) is 7.02. The lowest BCUT2D eigenvalue weighted by Crippen LogP contribution is -2.30. The van der Waals surface area contributed by atoms with Crippen LogP contribution in [0.1, 0.15) is 28.3 Å². The summed E-state index contributed by atoms with van der Waals surface area (Å²) in [7, 11) is 0. The molecule has 11 heteroatoms. The van der Waals surface area contributed by atoms with E-state index in [4.69, 9.17) is 11.6 Å². The molecule has 4 rings (SSSR count). The molecule has 35 heavy (non-hydrogen) atoms. The van der Waals surface area contributed by atoms with E-state index in [1.807, 2.05) is 54.6 Å². The van der Waals surface area contributed by atoms with Crippen molar-refractivity contribution in [3.8, 4) is 0 Å². The van der Waals surface area contributed by atoms with Crippen LogP contribution in [0.15, 0.2) is 66.7 Å². The summed E-state index contributed by atoms with van der Waals surface area (Å²) in [5.41, 5.74) is 1.23. The van der Waals surface area contributed by atoms with Crippen LogP contribution in [0.3, 0.4) is 0 Å². The number of carbonyl (C=O) groups excluding carboxylic acids is 2. The molecule has 2 N–H and O–H groups in total. The highest BCUT2D eigenvalue weighted by molar-refractivity contribution is 6.32. The van der Waals surface area contributed by atoms with Crippen LogP contribution < -0.4 is 10.6 Å². The lowest BCUT2D eigenvalue weighted by atomic mass is 10.2. The average molecular weight is 502 g/mol. The number of aromatic nitrogens is 3. The van der Waals surface area contributed by atoms with Crippen LogP contribution in [0, 0.1) is 0 Å². The van der Waals surface area contributed by atoms with Gasteiger partial charge in [0, 0.05) is 19.5 Å². The van der Waals surface area contributed by atoms with Crippen molar-refractivity contribution in [1.29, 1.82) is 0 Å². The number of nitrogens with zero attached hydrogens (tertiary/aromatic N) is 3. The van der Waals surface area contributed by atoms with Crippen molar-refractivity contribution in [3.05, 3.63) is 89.0 Å². The van der Waals surface area contributed by atoms with Gasteiger partial charge in [0.1, 0.15) is 5.69 Å². The zero-order valence-corrected chi connectivity index (χ0v) is 18.9. The maximum atomic E-state index is 12.9. The molecule has 0 radical (unpaired) electrons. The minimum atomic E-state index is -4.65. The lowest BCUT2D eigenvalue weighted by molar-refractivity contribution is -0.141. The number of nitrogens with one attached hydrogen (secondary N) is 2. The van der Waals surface area contributed by atoms with Gasteiger partial charge in [-0.2, -0.15) is 13.2 Å². The van der Waals surface area contributed by atoms with Gasteiger partial charge in [0.25, 0.3) is 5.91 Å². The van der Waals surface area contributed by atoms with E-state index in [1.54, 1.807) is 4.57 Å². The first-order valence-corrected chi connectivity index (χ1v) is 10.9. The predicted octanol–water partition coefficient (Wildman–Crippen LogP) is 4.91. The first-order chi connectivity index (χ1) is 16.7. The third-order valence-corrected chi connectivity index (χ3v) is 5.38. The molecule has 0 unspecified atom stereocenters. The van der Waals surface area contributed by atoms with Crippen molar-refractivity contribution in [2.24, 2.45) is 0 Å². The number of carbonyl (C=O) groups is 2. The molecule has 0 aliphatic rings. The second-order valence-electron chi connectivity index (χ2n) is 7.58. The van der Waals surface area contributed by atoms with Crippen LogP contribution in [-0.4, -0.2) is 32.9 Å². The van der Waals surface area contributed by atoms with E-state index >= 15 is 0 Å². The fourth-order valence-electron chi connectivity index (χ4n) is 3.44. The van der Waals surface area contributed by atoms with Gasteiger partial charge in [0.15, 0.2) is 11.0 Å². The van der Waals surface area contributed by atoms with E-state index < -0.39 is 28.8 Å². The number of fused-ring (bicyclic) bond motifs is 1. The molecular weight excluding hydrogens is 483 g/mol. The summed E-state index contributed by atoms with van der Waals surface area (Å²) in [6.45, 7) is 0.412. The summed E-state index contributed by atoms with van der Waals surface area (Å²) < 4.78 is 39.9. The summed E-state index contributed by atoms with van der Waals surface area (Å²) in [5, 5.41) is 4.58. The number of hydrogen-bond acceptors (Lipinski definition) is 4. The Balaban J connectivity index is 1.40. The molecule has 7 nitrogen and oxygen atoms in total. The molecule has 0 saturated carbocycles. The second kappa shape index (κ2) is 10.1. The lowest BCUT2D eigenvalue weighted by Gasteiger charge is -2.11. The molecule has 2 amide bonds. The van der Waals surface area contributed by atoms with Gasteiger partial charge < -0.3 is 15.2 Å². The Labute approximate surface area is 202 Å². The largest absolute Gasteiger partial charge is 0.433 e. The molecule has 4 aromatic rings. The number of halogens is 4. The number of hydrogen-bond donors (Lipinski definition) is 2. The Morgan fingerprint density at radius 3 is 2.37 bits per heavy atom. The normalized spacial score (nSPS) is 11.4. The summed E-state index contributed by atoms with van der Waals surface area (Å²) in [6.07, 6.45) is -4.78. The van der Waals surface area contributed by atoms with Crippen LogP contribution in [0.25, 0.3) is 11.0 Å². The quantitative estimate of drug-likeness (QED) is 0.352. The topological polar surface area (TPSA) is 88.9 Å². The van der Waals surface area contributed by atoms with Gasteiger partial charge >= 0.3 is 6.18 Å². The smallest absolute Gasteiger partial charge is 0.349 e. The molecule has 0 saturated heterocycles. The van der Waals surface area contributed by atoms with Crippen molar-refractivity contribution in [1.82, 2.24) is 19.9 Å². The number of imidazole rings is 1. The molecule has 0 spiro atoms. The fraction of sp³-hybridized carbons (Fsp3) is 0.167. The summed E-state index contributed by atoms with van der Waals surface area (Å²) in [4.78, 5) is 32.8. The van der Waals surface area contributed by atoms with Gasteiger partial charge in [-0.05, 0) is 29.8 Å². The standard InChI is InChI=1S/C24H19ClF3N5O2/c25-21-17(10-11-19(32-21)24(26,27)28)30-20(34)12-13-29-23(35)22-31-16-8-4-5-9-18(16)33(22)14-15-6-2-1-3-7-15/h1-11H,12-14H2,(H,29,35)(H,30,34). The van der Waals surface area contributed by atoms with Gasteiger partial charge in [-0.1, -0.05) is 54.1 Å². The van der Waals surface area contributed by atoms with Crippen LogP contribution >= 0.6 is 11.6 Å². The van der Waals surface area contributed by atoms with E-state index in [9.17, 15) is 22.8 Å². The first-order valence-electron chi connectivity index (χ1n) is 10.5. The number of benzene rings is 2. The number of para-hydroxylation sites is 2. The van der Waals surface area contributed by atoms with Crippen molar-refractivity contribution in [2.45, 2.75) is 19.1 Å². The minimum Gasteiger partial charge on any atom is -0.349 e. The molecular formula is C24H19ClF3N5O2. The maximum Gasteiger partial charge on any atom is 0.433 e. The molecule has 2 heterocycles. The summed E-state index contributed by atoms with van der Waals surface area (Å²) in [5.74, 6) is -0.809. The third-order valence-electron chi connectivity index (χ3n) is 5.09. The SMILES string of the molecule is O=C(CCNC(=O)c1nc2ccccc2n1Cc1ccccc1)Nc1ccc(C(F)(F)F)nc1Cl. The summed E-state index contributed by atoms with van der Waals surface area (Å²) in [6, 6.07) is 18.7. The van der Waals surface area contributed by atoms with E-state index in [0.717, 1.165) is 23.2 Å². The molecule has 0 atom stereocenters. The number of alkyl halides is 3.